The van der Waals surface area contributed by atoms with Crippen LogP contribution in [0.1, 0.15) is 20.7 Å². The second-order valence-corrected chi connectivity index (χ2v) is 6.07. The number of halogens is 2. The molecule has 0 atom stereocenters. The zero-order valence-electron chi connectivity index (χ0n) is 12.2. The Labute approximate surface area is 140 Å². The summed E-state index contributed by atoms with van der Waals surface area (Å²) in [6, 6.07) is 5.64. The lowest BCUT2D eigenvalue weighted by atomic mass is 10.1. The largest absolute Gasteiger partial charge is 0.472 e. The summed E-state index contributed by atoms with van der Waals surface area (Å²) in [5, 5.41) is 0. The van der Waals surface area contributed by atoms with Gasteiger partial charge in [0.2, 0.25) is 0 Å². The fourth-order valence-corrected chi connectivity index (χ4v) is 2.93. The van der Waals surface area contributed by atoms with E-state index in [1.807, 2.05) is 0 Å². The van der Waals surface area contributed by atoms with Crippen LogP contribution in [0.25, 0.3) is 0 Å². The van der Waals surface area contributed by atoms with E-state index in [-0.39, 0.29) is 11.8 Å². The number of piperazine rings is 1. The predicted octanol–water partition coefficient (Wildman–Crippen LogP) is 2.78. The van der Waals surface area contributed by atoms with E-state index in [0.29, 0.717) is 41.8 Å². The molecular weight excluding hydrogens is 367 g/mol. The van der Waals surface area contributed by atoms with Crippen LogP contribution < -0.4 is 0 Å². The van der Waals surface area contributed by atoms with Gasteiger partial charge in [-0.15, -0.1) is 0 Å². The van der Waals surface area contributed by atoms with Crippen molar-refractivity contribution in [3.63, 3.8) is 0 Å². The molecule has 0 N–H and O–H groups in total. The maximum Gasteiger partial charge on any atom is 0.257 e. The highest BCUT2D eigenvalue weighted by molar-refractivity contribution is 9.10. The maximum atomic E-state index is 13.3. The second kappa shape index (κ2) is 6.54. The van der Waals surface area contributed by atoms with E-state index >= 15 is 0 Å². The van der Waals surface area contributed by atoms with Crippen molar-refractivity contribution in [2.75, 3.05) is 26.2 Å². The van der Waals surface area contributed by atoms with Crippen molar-refractivity contribution in [3.05, 3.63) is 58.2 Å². The number of furan rings is 1. The van der Waals surface area contributed by atoms with E-state index < -0.39 is 5.82 Å². The van der Waals surface area contributed by atoms with E-state index in [4.69, 9.17) is 4.42 Å². The first kappa shape index (κ1) is 15.7. The first-order valence-electron chi connectivity index (χ1n) is 7.12. The molecule has 1 aliphatic rings. The lowest BCUT2D eigenvalue weighted by molar-refractivity contribution is 0.0534. The molecule has 23 heavy (non-hydrogen) atoms. The molecule has 1 aromatic heterocycles. The van der Waals surface area contributed by atoms with Crippen LogP contribution in [0, 0.1) is 5.82 Å². The Balaban J connectivity index is 1.66. The number of carbonyl (C=O) groups excluding carboxylic acids is 2. The van der Waals surface area contributed by atoms with Crippen LogP contribution in [0.4, 0.5) is 4.39 Å². The average molecular weight is 381 g/mol. The first-order chi connectivity index (χ1) is 11.1. The number of hydrogen-bond acceptors (Lipinski definition) is 3. The monoisotopic (exact) mass is 380 g/mol. The molecule has 1 fully saturated rings. The third-order valence-electron chi connectivity index (χ3n) is 3.78. The molecule has 120 valence electrons. The molecule has 7 heteroatoms. The molecule has 2 heterocycles. The summed E-state index contributed by atoms with van der Waals surface area (Å²) < 4.78 is 18.8. The van der Waals surface area contributed by atoms with Crippen molar-refractivity contribution in [1.82, 2.24) is 9.80 Å². The molecule has 0 radical (unpaired) electrons. The highest BCUT2D eigenvalue weighted by Gasteiger charge is 2.26. The molecule has 1 saturated heterocycles. The SMILES string of the molecule is O=C(c1ccoc1)N1CCN(C(=O)c2cc(F)ccc2Br)CC1. The minimum Gasteiger partial charge on any atom is -0.472 e. The van der Waals surface area contributed by atoms with Crippen molar-refractivity contribution < 1.29 is 18.4 Å². The molecule has 5 nitrogen and oxygen atoms in total. The molecule has 1 aromatic carbocycles. The van der Waals surface area contributed by atoms with Crippen LogP contribution in [0.2, 0.25) is 0 Å². The van der Waals surface area contributed by atoms with Crippen LogP contribution in [0.5, 0.6) is 0 Å². The van der Waals surface area contributed by atoms with Crippen molar-refractivity contribution in [2.24, 2.45) is 0 Å². The highest BCUT2D eigenvalue weighted by Crippen LogP contribution is 2.20. The summed E-state index contributed by atoms with van der Waals surface area (Å²) in [6.07, 6.45) is 2.86. The summed E-state index contributed by atoms with van der Waals surface area (Å²) in [5.41, 5.74) is 0.789. The molecule has 2 aromatic rings. The second-order valence-electron chi connectivity index (χ2n) is 5.22. The summed E-state index contributed by atoms with van der Waals surface area (Å²) in [4.78, 5) is 28.0. The number of nitrogens with zero attached hydrogens (tertiary/aromatic N) is 2. The van der Waals surface area contributed by atoms with Crippen LogP contribution in [0.15, 0.2) is 45.7 Å². The smallest absolute Gasteiger partial charge is 0.257 e. The van der Waals surface area contributed by atoms with Crippen LogP contribution in [-0.2, 0) is 0 Å². The highest BCUT2D eigenvalue weighted by atomic mass is 79.9. The molecule has 1 aliphatic heterocycles. The van der Waals surface area contributed by atoms with Gasteiger partial charge in [-0.1, -0.05) is 0 Å². The van der Waals surface area contributed by atoms with Gasteiger partial charge in [-0.05, 0) is 40.2 Å². The number of benzene rings is 1. The van der Waals surface area contributed by atoms with Crippen LogP contribution >= 0.6 is 15.9 Å². The van der Waals surface area contributed by atoms with Gasteiger partial charge < -0.3 is 14.2 Å². The van der Waals surface area contributed by atoms with Crippen LogP contribution in [-0.4, -0.2) is 47.8 Å². The van der Waals surface area contributed by atoms with Crippen molar-refractivity contribution in [2.45, 2.75) is 0 Å². The predicted molar refractivity (Wildman–Crippen MR) is 84.6 cm³/mol. The summed E-state index contributed by atoms with van der Waals surface area (Å²) >= 11 is 3.27. The third kappa shape index (κ3) is 3.29. The lowest BCUT2D eigenvalue weighted by Crippen LogP contribution is -2.50. The van der Waals surface area contributed by atoms with Crippen molar-refractivity contribution in [1.29, 1.82) is 0 Å². The molecule has 0 spiro atoms. The van der Waals surface area contributed by atoms with Gasteiger partial charge in [0, 0.05) is 30.7 Å². The minimum atomic E-state index is -0.453. The van der Waals surface area contributed by atoms with Gasteiger partial charge >= 0.3 is 0 Å². The fourth-order valence-electron chi connectivity index (χ4n) is 2.51. The molecule has 0 bridgehead atoms. The Hall–Kier alpha value is -2.15. The normalized spacial score (nSPS) is 14.9. The van der Waals surface area contributed by atoms with Gasteiger partial charge in [-0.3, -0.25) is 9.59 Å². The number of carbonyl (C=O) groups is 2. The van der Waals surface area contributed by atoms with E-state index in [1.54, 1.807) is 15.9 Å². The first-order valence-corrected chi connectivity index (χ1v) is 7.91. The van der Waals surface area contributed by atoms with E-state index in [2.05, 4.69) is 15.9 Å². The van der Waals surface area contributed by atoms with Crippen molar-refractivity contribution >= 4 is 27.7 Å². The van der Waals surface area contributed by atoms with Crippen molar-refractivity contribution in [3.8, 4) is 0 Å². The van der Waals surface area contributed by atoms with Gasteiger partial charge in [0.25, 0.3) is 11.8 Å². The standard InChI is InChI=1S/C16H14BrFN2O3/c17-14-2-1-12(18)9-13(14)16(22)20-6-4-19(5-7-20)15(21)11-3-8-23-10-11/h1-3,8-10H,4-7H2. The quantitative estimate of drug-likeness (QED) is 0.804. The zero-order valence-corrected chi connectivity index (χ0v) is 13.8. The minimum absolute atomic E-state index is 0.113. The Morgan fingerprint density at radius 2 is 1.70 bits per heavy atom. The topological polar surface area (TPSA) is 53.8 Å². The fraction of sp³-hybridized carbons (Fsp3) is 0.250. The third-order valence-corrected chi connectivity index (χ3v) is 4.47. The lowest BCUT2D eigenvalue weighted by Gasteiger charge is -2.34. The number of hydrogen-bond donors (Lipinski definition) is 0. The summed E-state index contributed by atoms with van der Waals surface area (Å²) in [5.74, 6) is -0.810. The number of rotatable bonds is 2. The van der Waals surface area contributed by atoms with E-state index in [1.165, 1.54) is 30.7 Å². The Kier molecular flexibility index (Phi) is 4.47. The van der Waals surface area contributed by atoms with Gasteiger partial charge in [-0.25, -0.2) is 4.39 Å². The average Bonchev–Trinajstić information content (AvgIpc) is 3.10. The Morgan fingerprint density at radius 1 is 1.04 bits per heavy atom. The molecule has 3 rings (SSSR count). The van der Waals surface area contributed by atoms with Gasteiger partial charge in [0.15, 0.2) is 0 Å². The van der Waals surface area contributed by atoms with Crippen LogP contribution in [0.3, 0.4) is 0 Å². The summed E-state index contributed by atoms with van der Waals surface area (Å²) in [7, 11) is 0. The molecule has 0 aliphatic carbocycles. The Morgan fingerprint density at radius 3 is 2.30 bits per heavy atom. The molecular formula is C16H14BrFN2O3. The van der Waals surface area contributed by atoms with Gasteiger partial charge in [-0.2, -0.15) is 0 Å². The van der Waals surface area contributed by atoms with E-state index in [9.17, 15) is 14.0 Å². The number of amides is 2. The van der Waals surface area contributed by atoms with E-state index in [0.717, 1.165) is 0 Å². The summed E-state index contributed by atoms with van der Waals surface area (Å²) in [6.45, 7) is 1.68. The Bertz CT molecular complexity index is 725. The zero-order chi connectivity index (χ0) is 16.4. The molecule has 0 saturated carbocycles. The maximum absolute atomic E-state index is 13.3. The molecule has 0 unspecified atom stereocenters. The molecule has 2 amide bonds. The van der Waals surface area contributed by atoms with Gasteiger partial charge in [0.1, 0.15) is 12.1 Å². The van der Waals surface area contributed by atoms with Gasteiger partial charge in [0.05, 0.1) is 17.4 Å².